The predicted octanol–water partition coefficient (Wildman–Crippen LogP) is 3.41. The molecule has 0 unspecified atom stereocenters. The van der Waals surface area contributed by atoms with Gasteiger partial charge in [0.05, 0.1) is 0 Å². The Labute approximate surface area is 110 Å². The molecule has 7 heteroatoms. The fraction of sp³-hybridized carbons (Fsp3) is 0. The van der Waals surface area contributed by atoms with E-state index in [0.717, 1.165) is 0 Å². The molecule has 4 nitrogen and oxygen atoms in total. The van der Waals surface area contributed by atoms with E-state index in [-0.39, 0.29) is 22.7 Å². The van der Waals surface area contributed by atoms with Crippen LogP contribution in [0.2, 0.25) is 5.15 Å². The third kappa shape index (κ3) is 3.04. The summed E-state index contributed by atoms with van der Waals surface area (Å²) in [6.07, 6.45) is 0. The Bertz CT molecular complexity index is 547. The number of hydrogen-bond donors (Lipinski definition) is 1. The molecular formula is C10H6BrClFN3O. The first-order valence-corrected chi connectivity index (χ1v) is 5.64. The van der Waals surface area contributed by atoms with Crippen molar-refractivity contribution in [2.45, 2.75) is 0 Å². The Kier molecular flexibility index (Phi) is 3.44. The molecule has 0 saturated carbocycles. The first-order valence-electron chi connectivity index (χ1n) is 4.47. The Balaban J connectivity index is 2.34. The molecule has 2 N–H and O–H groups in total. The van der Waals surface area contributed by atoms with Crippen molar-refractivity contribution in [1.82, 2.24) is 9.97 Å². The van der Waals surface area contributed by atoms with Crippen LogP contribution in [0.1, 0.15) is 0 Å². The average molecular weight is 319 g/mol. The van der Waals surface area contributed by atoms with Crippen LogP contribution in [0.3, 0.4) is 0 Å². The van der Waals surface area contributed by atoms with Crippen molar-refractivity contribution in [3.63, 3.8) is 0 Å². The summed E-state index contributed by atoms with van der Waals surface area (Å²) in [6, 6.07) is 5.65. The molecule has 1 aromatic heterocycles. The Morgan fingerprint density at radius 3 is 2.76 bits per heavy atom. The summed E-state index contributed by atoms with van der Waals surface area (Å²) in [5.41, 5.74) is 5.39. The maximum Gasteiger partial charge on any atom is 0.225 e. The van der Waals surface area contributed by atoms with Gasteiger partial charge in [0.2, 0.25) is 11.8 Å². The smallest absolute Gasteiger partial charge is 0.225 e. The number of nitrogen functional groups attached to an aromatic ring is 1. The molecule has 2 aromatic rings. The van der Waals surface area contributed by atoms with Crippen molar-refractivity contribution in [1.29, 1.82) is 0 Å². The van der Waals surface area contributed by atoms with Crippen LogP contribution in [0.15, 0.2) is 28.7 Å². The standard InChI is InChI=1S/C10H6BrClFN3O/c11-5-1-2-6(13)7(3-5)17-9-4-8(12)15-10(14)16-9/h1-4H,(H2,14,15,16). The molecule has 88 valence electrons. The van der Waals surface area contributed by atoms with Crippen molar-refractivity contribution in [2.24, 2.45) is 0 Å². The third-order valence-electron chi connectivity index (χ3n) is 1.80. The van der Waals surface area contributed by atoms with Gasteiger partial charge in [-0.3, -0.25) is 0 Å². The minimum Gasteiger partial charge on any atom is -0.436 e. The van der Waals surface area contributed by atoms with E-state index in [9.17, 15) is 4.39 Å². The maximum atomic E-state index is 13.4. The second kappa shape index (κ2) is 4.85. The SMILES string of the molecule is Nc1nc(Cl)cc(Oc2cc(Br)ccc2F)n1. The summed E-state index contributed by atoms with van der Waals surface area (Å²) in [6.45, 7) is 0. The zero-order chi connectivity index (χ0) is 12.4. The van der Waals surface area contributed by atoms with Crippen LogP contribution in [0.4, 0.5) is 10.3 Å². The van der Waals surface area contributed by atoms with Crippen molar-refractivity contribution in [2.75, 3.05) is 5.73 Å². The minimum atomic E-state index is -0.512. The summed E-state index contributed by atoms with van der Waals surface area (Å²) in [5, 5.41) is 0.128. The molecule has 0 aliphatic rings. The van der Waals surface area contributed by atoms with Gasteiger partial charge in [-0.1, -0.05) is 27.5 Å². The van der Waals surface area contributed by atoms with Crippen LogP contribution < -0.4 is 10.5 Å². The number of nitrogens with two attached hydrogens (primary N) is 1. The van der Waals surface area contributed by atoms with E-state index >= 15 is 0 Å². The Morgan fingerprint density at radius 2 is 2.06 bits per heavy atom. The molecule has 0 aliphatic carbocycles. The van der Waals surface area contributed by atoms with E-state index < -0.39 is 5.82 Å². The monoisotopic (exact) mass is 317 g/mol. The molecule has 1 aromatic carbocycles. The second-order valence-corrected chi connectivity index (χ2v) is 4.37. The molecule has 0 aliphatic heterocycles. The summed E-state index contributed by atoms with van der Waals surface area (Å²) in [4.78, 5) is 7.44. The molecule has 17 heavy (non-hydrogen) atoms. The zero-order valence-electron chi connectivity index (χ0n) is 8.32. The summed E-state index contributed by atoms with van der Waals surface area (Å²) in [7, 11) is 0. The van der Waals surface area contributed by atoms with Gasteiger partial charge < -0.3 is 10.5 Å². The number of halogens is 3. The number of hydrogen-bond acceptors (Lipinski definition) is 4. The topological polar surface area (TPSA) is 61.0 Å². The highest BCUT2D eigenvalue weighted by molar-refractivity contribution is 9.10. The summed E-state index contributed by atoms with van der Waals surface area (Å²) in [5.74, 6) is -0.447. The molecule has 0 radical (unpaired) electrons. The number of rotatable bonds is 2. The normalized spacial score (nSPS) is 10.3. The molecule has 0 fully saturated rings. The first-order chi connectivity index (χ1) is 8.04. The van der Waals surface area contributed by atoms with Gasteiger partial charge in [-0.05, 0) is 18.2 Å². The molecular weight excluding hydrogens is 312 g/mol. The van der Waals surface area contributed by atoms with Gasteiger partial charge in [0.15, 0.2) is 11.6 Å². The zero-order valence-corrected chi connectivity index (χ0v) is 10.7. The molecule has 1 heterocycles. The lowest BCUT2D eigenvalue weighted by molar-refractivity contribution is 0.427. The second-order valence-electron chi connectivity index (χ2n) is 3.06. The summed E-state index contributed by atoms with van der Waals surface area (Å²) < 4.78 is 19.3. The van der Waals surface area contributed by atoms with Crippen LogP contribution >= 0.6 is 27.5 Å². The van der Waals surface area contributed by atoms with Crippen molar-refractivity contribution in [3.05, 3.63) is 39.7 Å². The van der Waals surface area contributed by atoms with E-state index in [2.05, 4.69) is 25.9 Å². The van der Waals surface area contributed by atoms with Gasteiger partial charge in [0, 0.05) is 10.5 Å². The minimum absolute atomic E-state index is 0.0218. The molecule has 0 amide bonds. The van der Waals surface area contributed by atoms with Gasteiger partial charge >= 0.3 is 0 Å². The van der Waals surface area contributed by atoms with Gasteiger partial charge in [-0.25, -0.2) is 9.37 Å². The van der Waals surface area contributed by atoms with E-state index in [0.29, 0.717) is 4.47 Å². The van der Waals surface area contributed by atoms with Crippen LogP contribution in [0.5, 0.6) is 11.6 Å². The van der Waals surface area contributed by atoms with Crippen molar-refractivity contribution >= 4 is 33.5 Å². The van der Waals surface area contributed by atoms with E-state index in [1.807, 2.05) is 0 Å². The predicted molar refractivity (Wildman–Crippen MR) is 65.6 cm³/mol. The first kappa shape index (κ1) is 12.1. The van der Waals surface area contributed by atoms with Crippen LogP contribution in [-0.2, 0) is 0 Å². The lowest BCUT2D eigenvalue weighted by Crippen LogP contribution is -1.98. The van der Waals surface area contributed by atoms with E-state index in [1.54, 1.807) is 6.07 Å². The van der Waals surface area contributed by atoms with E-state index in [4.69, 9.17) is 22.1 Å². The largest absolute Gasteiger partial charge is 0.436 e. The fourth-order valence-electron chi connectivity index (χ4n) is 1.13. The molecule has 0 atom stereocenters. The van der Waals surface area contributed by atoms with Gasteiger partial charge in [-0.2, -0.15) is 4.98 Å². The number of nitrogens with zero attached hydrogens (tertiary/aromatic N) is 2. The van der Waals surface area contributed by atoms with Crippen LogP contribution in [-0.4, -0.2) is 9.97 Å². The Hall–Kier alpha value is -1.40. The number of anilines is 1. The summed E-state index contributed by atoms with van der Waals surface area (Å²) >= 11 is 8.88. The molecule has 0 saturated heterocycles. The van der Waals surface area contributed by atoms with Gasteiger partial charge in [0.25, 0.3) is 0 Å². The number of benzene rings is 1. The Morgan fingerprint density at radius 1 is 1.29 bits per heavy atom. The molecule has 2 rings (SSSR count). The third-order valence-corrected chi connectivity index (χ3v) is 2.48. The van der Waals surface area contributed by atoms with Crippen LogP contribution in [0, 0.1) is 5.82 Å². The van der Waals surface area contributed by atoms with E-state index in [1.165, 1.54) is 18.2 Å². The fourth-order valence-corrected chi connectivity index (χ4v) is 1.65. The van der Waals surface area contributed by atoms with Crippen molar-refractivity contribution < 1.29 is 9.13 Å². The molecule has 0 spiro atoms. The van der Waals surface area contributed by atoms with Crippen molar-refractivity contribution in [3.8, 4) is 11.6 Å². The highest BCUT2D eigenvalue weighted by atomic mass is 79.9. The van der Waals surface area contributed by atoms with Gasteiger partial charge in [0.1, 0.15) is 5.15 Å². The lowest BCUT2D eigenvalue weighted by atomic mass is 10.3. The highest BCUT2D eigenvalue weighted by Crippen LogP contribution is 2.27. The number of aromatic nitrogens is 2. The number of ether oxygens (including phenoxy) is 1. The van der Waals surface area contributed by atoms with Crippen LogP contribution in [0.25, 0.3) is 0 Å². The highest BCUT2D eigenvalue weighted by Gasteiger charge is 2.08. The lowest BCUT2D eigenvalue weighted by Gasteiger charge is -2.06. The van der Waals surface area contributed by atoms with Gasteiger partial charge in [-0.15, -0.1) is 0 Å². The maximum absolute atomic E-state index is 13.4. The average Bonchev–Trinajstić information content (AvgIpc) is 2.22. The quantitative estimate of drug-likeness (QED) is 0.862. The molecule has 0 bridgehead atoms.